The van der Waals surface area contributed by atoms with Crippen LogP contribution in [-0.4, -0.2) is 9.55 Å². The van der Waals surface area contributed by atoms with Gasteiger partial charge in [-0.2, -0.15) is 0 Å². The van der Waals surface area contributed by atoms with Crippen LogP contribution >= 0.6 is 0 Å². The van der Waals surface area contributed by atoms with Crippen molar-refractivity contribution >= 4 is 44.6 Å². The average molecular weight is 806 g/mol. The third-order valence-corrected chi connectivity index (χ3v) is 11.2. The number of hydrogen-bond acceptors (Lipinski definition) is 4. The summed E-state index contributed by atoms with van der Waals surface area (Å²) in [4.78, 5) is 4.61. The molecule has 0 aliphatic rings. The molecule has 0 fully saturated rings. The van der Waals surface area contributed by atoms with Crippen LogP contribution in [-0.2, 0) is 5.41 Å². The van der Waals surface area contributed by atoms with Gasteiger partial charge in [-0.15, -0.1) is 0 Å². The predicted molar refractivity (Wildman–Crippen MR) is 260 cm³/mol. The quantitative estimate of drug-likeness (QED) is 0.145. The molecule has 2 N–H and O–H groups in total. The zero-order valence-electron chi connectivity index (χ0n) is 37.8. The van der Waals surface area contributed by atoms with Gasteiger partial charge in [0.15, 0.2) is 0 Å². The van der Waals surface area contributed by atoms with Crippen molar-refractivity contribution in [1.29, 1.82) is 0 Å². The second kappa shape index (κ2) is 16.3. The SMILES string of the molecule is [2H]c1nc(-n2c3ccc(-c4ccccc4)cc3c3ccc(Oc4cccc(Nc5ccccc5Nc5c(-c6ccccc6)cccc5-c5ccccc5)c4)cc32)c([2H])c(C(C)(C)C)c1[2H]. The van der Waals surface area contributed by atoms with Crippen LogP contribution < -0.4 is 15.4 Å². The standard InChI is InChI=1S/C57H46N4O/c1-57(2,3)43-33-34-58-55(36-43)61-53-32-29-42(39-17-7-4-8-18-39)35-50(53)49-31-30-46(38-54(49)61)62-45-24-15-23-44(37-45)59-51-27-13-14-28-52(51)60-56-47(40-19-9-5-10-20-40)25-16-26-48(56)41-21-11-6-12-22-41/h4-38,59-60H,1-3H3/i33D,34D,36D. The lowest BCUT2D eigenvalue weighted by atomic mass is 9.88. The summed E-state index contributed by atoms with van der Waals surface area (Å²) >= 11 is 0. The van der Waals surface area contributed by atoms with Crippen molar-refractivity contribution in [1.82, 2.24) is 9.55 Å². The van der Waals surface area contributed by atoms with Crippen molar-refractivity contribution in [2.45, 2.75) is 26.2 Å². The van der Waals surface area contributed by atoms with E-state index in [0.29, 0.717) is 22.9 Å². The molecule has 0 amide bonds. The second-order valence-electron chi connectivity index (χ2n) is 16.4. The van der Waals surface area contributed by atoms with Gasteiger partial charge in [0.2, 0.25) is 0 Å². The summed E-state index contributed by atoms with van der Waals surface area (Å²) in [6.45, 7) is 5.91. The van der Waals surface area contributed by atoms with E-state index < -0.39 is 5.41 Å². The van der Waals surface area contributed by atoms with Crippen molar-refractivity contribution in [2.75, 3.05) is 10.6 Å². The lowest BCUT2D eigenvalue weighted by Gasteiger charge is -2.20. The van der Waals surface area contributed by atoms with E-state index in [1.54, 1.807) is 0 Å². The van der Waals surface area contributed by atoms with Gasteiger partial charge in [-0.25, -0.2) is 4.98 Å². The van der Waals surface area contributed by atoms with Gasteiger partial charge in [0.1, 0.15) is 17.3 Å². The maximum absolute atomic E-state index is 9.44. The maximum atomic E-state index is 9.44. The lowest BCUT2D eigenvalue weighted by molar-refractivity contribution is 0.483. The molecule has 0 aliphatic heterocycles. The molecule has 0 bridgehead atoms. The molecule has 8 aromatic carbocycles. The summed E-state index contributed by atoms with van der Waals surface area (Å²) in [7, 11) is 0. The molecule has 62 heavy (non-hydrogen) atoms. The summed E-state index contributed by atoms with van der Waals surface area (Å²) in [5.41, 5.74) is 11.8. The highest BCUT2D eigenvalue weighted by molar-refractivity contribution is 6.10. The highest BCUT2D eigenvalue weighted by Gasteiger charge is 2.20. The Balaban J connectivity index is 1.02. The highest BCUT2D eigenvalue weighted by atomic mass is 16.5. The second-order valence-corrected chi connectivity index (χ2v) is 16.4. The molecular weight excluding hydrogens is 757 g/mol. The number of anilines is 4. The van der Waals surface area contributed by atoms with Crippen LogP contribution in [0.2, 0.25) is 0 Å². The zero-order chi connectivity index (χ0) is 44.7. The third-order valence-electron chi connectivity index (χ3n) is 11.2. The maximum Gasteiger partial charge on any atom is 0.137 e. The van der Waals surface area contributed by atoms with Crippen molar-refractivity contribution in [3.05, 3.63) is 218 Å². The third kappa shape index (κ3) is 7.68. The van der Waals surface area contributed by atoms with Gasteiger partial charge in [-0.3, -0.25) is 4.57 Å². The first kappa shape index (κ1) is 34.9. The largest absolute Gasteiger partial charge is 0.457 e. The number of pyridine rings is 1. The highest BCUT2D eigenvalue weighted by Crippen LogP contribution is 2.42. The monoisotopic (exact) mass is 805 g/mol. The van der Waals surface area contributed by atoms with Crippen molar-refractivity contribution in [3.63, 3.8) is 0 Å². The molecule has 2 heterocycles. The summed E-state index contributed by atoms with van der Waals surface area (Å²) in [6.07, 6.45) is -0.164. The molecule has 0 atom stereocenters. The van der Waals surface area contributed by atoms with Crippen LogP contribution in [0.1, 0.15) is 30.4 Å². The topological polar surface area (TPSA) is 51.1 Å². The number of fused-ring (bicyclic) bond motifs is 3. The Morgan fingerprint density at radius 1 is 0.516 bits per heavy atom. The average Bonchev–Trinajstić information content (AvgIpc) is 3.64. The Bertz CT molecular complexity index is 3310. The first-order chi connectivity index (χ1) is 31.6. The van der Waals surface area contributed by atoms with E-state index in [9.17, 15) is 1.37 Å². The number of hydrogen-bond donors (Lipinski definition) is 2. The lowest BCUT2D eigenvalue weighted by Crippen LogP contribution is -2.12. The molecule has 300 valence electrons. The van der Waals surface area contributed by atoms with Crippen LogP contribution in [0.15, 0.2) is 212 Å². The number of aromatic nitrogens is 2. The fourth-order valence-corrected chi connectivity index (χ4v) is 8.06. The molecule has 0 saturated carbocycles. The smallest absolute Gasteiger partial charge is 0.137 e. The predicted octanol–water partition coefficient (Wildman–Crippen LogP) is 15.8. The summed E-state index contributed by atoms with van der Waals surface area (Å²) < 4.78 is 35.5. The molecule has 10 aromatic rings. The van der Waals surface area contributed by atoms with E-state index in [0.717, 1.165) is 77.9 Å². The molecule has 0 spiro atoms. The minimum absolute atomic E-state index is 0.0248. The molecule has 0 aliphatic carbocycles. The van der Waals surface area contributed by atoms with E-state index in [-0.39, 0.29) is 18.3 Å². The Hall–Kier alpha value is -7.89. The molecular formula is C57H46N4O. The zero-order valence-corrected chi connectivity index (χ0v) is 34.8. The molecule has 0 saturated heterocycles. The molecule has 2 aromatic heterocycles. The Labute approximate surface area is 367 Å². The number of ether oxygens (including phenoxy) is 1. The fraction of sp³-hybridized carbons (Fsp3) is 0.0702. The van der Waals surface area contributed by atoms with Gasteiger partial charge in [-0.05, 0) is 93.8 Å². The van der Waals surface area contributed by atoms with E-state index >= 15 is 0 Å². The Kier molecular flexibility index (Phi) is 9.17. The fourth-order valence-electron chi connectivity index (χ4n) is 8.06. The van der Waals surface area contributed by atoms with Gasteiger partial charge in [-0.1, -0.05) is 154 Å². The normalized spacial score (nSPS) is 12.1. The first-order valence-electron chi connectivity index (χ1n) is 22.4. The van der Waals surface area contributed by atoms with Gasteiger partial charge in [0.05, 0.1) is 32.2 Å². The van der Waals surface area contributed by atoms with Crippen molar-refractivity contribution in [3.8, 4) is 50.7 Å². The molecule has 5 heteroatoms. The van der Waals surface area contributed by atoms with Crippen molar-refractivity contribution in [2.24, 2.45) is 0 Å². The van der Waals surface area contributed by atoms with Crippen LogP contribution in [0.4, 0.5) is 22.7 Å². The van der Waals surface area contributed by atoms with Gasteiger partial charge in [0, 0.05) is 45.9 Å². The summed E-state index contributed by atoms with van der Waals surface area (Å²) in [5, 5.41) is 9.42. The number of benzene rings is 8. The van der Waals surface area contributed by atoms with Crippen LogP contribution in [0.5, 0.6) is 11.5 Å². The molecule has 0 radical (unpaired) electrons. The van der Waals surface area contributed by atoms with Crippen molar-refractivity contribution < 1.29 is 8.85 Å². The minimum Gasteiger partial charge on any atom is -0.457 e. The van der Waals surface area contributed by atoms with Gasteiger partial charge < -0.3 is 15.4 Å². The van der Waals surface area contributed by atoms with E-state index in [1.807, 2.05) is 110 Å². The number of nitrogens with zero attached hydrogens (tertiary/aromatic N) is 2. The van der Waals surface area contributed by atoms with Crippen LogP contribution in [0.3, 0.4) is 0 Å². The van der Waals surface area contributed by atoms with Gasteiger partial charge >= 0.3 is 0 Å². The van der Waals surface area contributed by atoms with Crippen LogP contribution in [0, 0.1) is 0 Å². The van der Waals surface area contributed by atoms with E-state index in [4.69, 9.17) is 7.48 Å². The Morgan fingerprint density at radius 3 is 1.81 bits per heavy atom. The van der Waals surface area contributed by atoms with Crippen LogP contribution in [0.25, 0.3) is 61.0 Å². The Morgan fingerprint density at radius 2 is 1.13 bits per heavy atom. The van der Waals surface area contributed by atoms with E-state index in [2.05, 4.69) is 125 Å². The molecule has 0 unspecified atom stereocenters. The van der Waals surface area contributed by atoms with E-state index in [1.165, 1.54) is 0 Å². The first-order valence-corrected chi connectivity index (χ1v) is 20.9. The molecule has 10 rings (SSSR count). The molecule has 5 nitrogen and oxygen atoms in total. The number of para-hydroxylation sites is 3. The summed E-state index contributed by atoms with van der Waals surface area (Å²) in [6, 6.07) is 66.1. The number of nitrogens with one attached hydrogen (secondary N) is 2. The minimum atomic E-state index is -0.553. The number of rotatable bonds is 10. The van der Waals surface area contributed by atoms with Gasteiger partial charge in [0.25, 0.3) is 0 Å². The summed E-state index contributed by atoms with van der Waals surface area (Å²) in [5.74, 6) is 1.54.